The van der Waals surface area contributed by atoms with Crippen LogP contribution in [0.3, 0.4) is 0 Å². The number of nitrogens with zero attached hydrogens (tertiary/aromatic N) is 2. The Hall–Kier alpha value is -0.970. The van der Waals surface area contributed by atoms with Crippen LogP contribution in [-0.2, 0) is 6.42 Å². The van der Waals surface area contributed by atoms with Crippen LogP contribution in [0.5, 0.6) is 0 Å². The molecule has 0 aromatic carbocycles. The van der Waals surface area contributed by atoms with E-state index in [-0.39, 0.29) is 6.04 Å². The van der Waals surface area contributed by atoms with Gasteiger partial charge >= 0.3 is 0 Å². The molecule has 1 unspecified atom stereocenters. The normalized spacial score (nSPS) is 12.6. The van der Waals surface area contributed by atoms with Crippen molar-refractivity contribution in [3.63, 3.8) is 0 Å². The van der Waals surface area contributed by atoms with Crippen molar-refractivity contribution in [3.05, 3.63) is 44.4 Å². The fraction of sp³-hybridized carbons (Fsp3) is 0.467. The molecule has 0 saturated carbocycles. The van der Waals surface area contributed by atoms with Gasteiger partial charge in [-0.3, -0.25) is 0 Å². The van der Waals surface area contributed by atoms with Gasteiger partial charge in [-0.05, 0) is 50.6 Å². The highest BCUT2D eigenvalue weighted by molar-refractivity contribution is 7.16. The van der Waals surface area contributed by atoms with Gasteiger partial charge in [0.15, 0.2) is 0 Å². The number of aromatic nitrogens is 2. The lowest BCUT2D eigenvalue weighted by Gasteiger charge is -2.20. The number of halogens is 1. The van der Waals surface area contributed by atoms with E-state index < -0.39 is 0 Å². The second-order valence-corrected chi connectivity index (χ2v) is 6.74. The molecule has 1 atom stereocenters. The van der Waals surface area contributed by atoms with Gasteiger partial charge in [0.1, 0.15) is 0 Å². The lowest BCUT2D eigenvalue weighted by molar-refractivity contribution is 0.526. The molecule has 1 N–H and O–H groups in total. The van der Waals surface area contributed by atoms with E-state index in [1.165, 1.54) is 10.4 Å². The van der Waals surface area contributed by atoms with E-state index in [1.807, 2.05) is 19.9 Å². The molecule has 108 valence electrons. The van der Waals surface area contributed by atoms with Crippen molar-refractivity contribution in [2.45, 2.75) is 39.7 Å². The van der Waals surface area contributed by atoms with Gasteiger partial charge < -0.3 is 5.32 Å². The van der Waals surface area contributed by atoms with Crippen LogP contribution in [-0.4, -0.2) is 16.7 Å². The summed E-state index contributed by atoms with van der Waals surface area (Å²) in [7, 11) is 0. The van der Waals surface area contributed by atoms with E-state index in [0.717, 1.165) is 35.1 Å². The predicted octanol–water partition coefficient (Wildman–Crippen LogP) is 4.09. The average Bonchev–Trinajstić information content (AvgIpc) is 2.83. The Morgan fingerprint density at radius 2 is 2.10 bits per heavy atom. The molecule has 2 rings (SSSR count). The van der Waals surface area contributed by atoms with Gasteiger partial charge in [-0.15, -0.1) is 11.3 Å². The van der Waals surface area contributed by atoms with Crippen molar-refractivity contribution in [3.8, 4) is 0 Å². The Labute approximate surface area is 129 Å². The van der Waals surface area contributed by atoms with Gasteiger partial charge in [0, 0.05) is 17.3 Å². The first-order valence-electron chi connectivity index (χ1n) is 6.88. The van der Waals surface area contributed by atoms with Crippen LogP contribution in [0.25, 0.3) is 0 Å². The summed E-state index contributed by atoms with van der Waals surface area (Å²) in [6, 6.07) is 6.45. The molecule has 0 aliphatic carbocycles. The summed E-state index contributed by atoms with van der Waals surface area (Å²) >= 11 is 7.67. The second kappa shape index (κ2) is 7.16. The van der Waals surface area contributed by atoms with Crippen molar-refractivity contribution in [1.82, 2.24) is 15.5 Å². The molecule has 0 aliphatic rings. The van der Waals surface area contributed by atoms with Crippen molar-refractivity contribution in [2.75, 3.05) is 6.54 Å². The zero-order chi connectivity index (χ0) is 14.5. The number of hydrogen-bond donors (Lipinski definition) is 1. The molecule has 0 radical (unpaired) electrons. The fourth-order valence-corrected chi connectivity index (χ4v) is 3.33. The highest BCUT2D eigenvalue weighted by atomic mass is 35.5. The highest BCUT2D eigenvalue weighted by Gasteiger charge is 2.16. The highest BCUT2D eigenvalue weighted by Crippen LogP contribution is 2.27. The number of thiophene rings is 1. The Bertz CT molecular complexity index is 568. The maximum absolute atomic E-state index is 6.03. The molecular formula is C15H20ClN3S. The zero-order valence-electron chi connectivity index (χ0n) is 12.1. The SMILES string of the molecule is CCCNC(Cc1ccc(Cl)s1)c1cc(C)nnc1C. The average molecular weight is 310 g/mol. The molecule has 2 heterocycles. The third-order valence-electron chi connectivity index (χ3n) is 3.19. The molecule has 20 heavy (non-hydrogen) atoms. The van der Waals surface area contributed by atoms with E-state index >= 15 is 0 Å². The van der Waals surface area contributed by atoms with Gasteiger partial charge in [-0.25, -0.2) is 0 Å². The van der Waals surface area contributed by atoms with Crippen LogP contribution in [0.1, 0.15) is 41.2 Å². The number of rotatable bonds is 6. The van der Waals surface area contributed by atoms with Crippen LogP contribution in [0.15, 0.2) is 18.2 Å². The molecule has 0 bridgehead atoms. The quantitative estimate of drug-likeness (QED) is 0.873. The molecule has 0 spiro atoms. The van der Waals surface area contributed by atoms with Gasteiger partial charge in [-0.2, -0.15) is 10.2 Å². The summed E-state index contributed by atoms with van der Waals surface area (Å²) in [4.78, 5) is 1.29. The topological polar surface area (TPSA) is 37.8 Å². The van der Waals surface area contributed by atoms with Crippen molar-refractivity contribution < 1.29 is 0 Å². The smallest absolute Gasteiger partial charge is 0.0931 e. The van der Waals surface area contributed by atoms with Crippen LogP contribution < -0.4 is 5.32 Å². The maximum Gasteiger partial charge on any atom is 0.0931 e. The molecule has 5 heteroatoms. The third kappa shape index (κ3) is 4.01. The molecule has 0 amide bonds. The van der Waals surface area contributed by atoms with Crippen LogP contribution >= 0.6 is 22.9 Å². The summed E-state index contributed by atoms with van der Waals surface area (Å²) in [6.07, 6.45) is 2.04. The first-order chi connectivity index (χ1) is 9.60. The number of hydrogen-bond acceptors (Lipinski definition) is 4. The summed E-state index contributed by atoms with van der Waals surface area (Å²) in [6.45, 7) is 7.16. The maximum atomic E-state index is 6.03. The minimum Gasteiger partial charge on any atom is -0.310 e. The van der Waals surface area contributed by atoms with Gasteiger partial charge in [-0.1, -0.05) is 18.5 Å². The molecule has 0 aliphatic heterocycles. The summed E-state index contributed by atoms with van der Waals surface area (Å²) in [5, 5.41) is 12.0. The summed E-state index contributed by atoms with van der Waals surface area (Å²) in [5.74, 6) is 0. The summed E-state index contributed by atoms with van der Waals surface area (Å²) in [5.41, 5.74) is 3.18. The van der Waals surface area contributed by atoms with E-state index in [2.05, 4.69) is 34.6 Å². The van der Waals surface area contributed by atoms with Gasteiger partial charge in [0.2, 0.25) is 0 Å². The Morgan fingerprint density at radius 1 is 1.30 bits per heavy atom. The van der Waals surface area contributed by atoms with E-state index in [0.29, 0.717) is 0 Å². The third-order valence-corrected chi connectivity index (χ3v) is 4.44. The van der Waals surface area contributed by atoms with Crippen LogP contribution in [0.4, 0.5) is 0 Å². The van der Waals surface area contributed by atoms with Crippen LogP contribution in [0.2, 0.25) is 4.34 Å². The van der Waals surface area contributed by atoms with E-state index in [1.54, 1.807) is 11.3 Å². The van der Waals surface area contributed by atoms with Gasteiger partial charge in [0.25, 0.3) is 0 Å². The zero-order valence-corrected chi connectivity index (χ0v) is 13.7. The molecule has 2 aromatic heterocycles. The van der Waals surface area contributed by atoms with Crippen LogP contribution in [0, 0.1) is 13.8 Å². The molecule has 2 aromatic rings. The Kier molecular flexibility index (Phi) is 5.52. The molecule has 3 nitrogen and oxygen atoms in total. The number of aryl methyl sites for hydroxylation is 2. The lowest BCUT2D eigenvalue weighted by Crippen LogP contribution is -2.25. The molecular weight excluding hydrogens is 290 g/mol. The van der Waals surface area contributed by atoms with Crippen molar-refractivity contribution in [1.29, 1.82) is 0 Å². The molecule has 0 fully saturated rings. The minimum absolute atomic E-state index is 0.263. The summed E-state index contributed by atoms with van der Waals surface area (Å²) < 4.78 is 0.843. The predicted molar refractivity (Wildman–Crippen MR) is 85.6 cm³/mol. The van der Waals surface area contributed by atoms with E-state index in [9.17, 15) is 0 Å². The molecule has 0 saturated heterocycles. The first-order valence-corrected chi connectivity index (χ1v) is 8.08. The lowest BCUT2D eigenvalue weighted by atomic mass is 10.0. The fourth-order valence-electron chi connectivity index (χ4n) is 2.20. The van der Waals surface area contributed by atoms with E-state index in [4.69, 9.17) is 11.6 Å². The Morgan fingerprint density at radius 3 is 2.75 bits per heavy atom. The Balaban J connectivity index is 2.24. The first kappa shape index (κ1) is 15.4. The minimum atomic E-state index is 0.263. The van der Waals surface area contributed by atoms with Crippen molar-refractivity contribution in [2.24, 2.45) is 0 Å². The van der Waals surface area contributed by atoms with Gasteiger partial charge in [0.05, 0.1) is 15.7 Å². The largest absolute Gasteiger partial charge is 0.310 e. The standard InChI is InChI=1S/C15H20ClN3S/c1-4-7-17-14(9-12-5-6-15(16)20-12)13-8-10(2)18-19-11(13)3/h5-6,8,14,17H,4,7,9H2,1-3H3. The van der Waals surface area contributed by atoms with Crippen molar-refractivity contribution >= 4 is 22.9 Å². The number of nitrogens with one attached hydrogen (secondary N) is 1. The second-order valence-electron chi connectivity index (χ2n) is 4.94. The monoisotopic (exact) mass is 309 g/mol.